The molecule has 8 heteroatoms. The van der Waals surface area contributed by atoms with Gasteiger partial charge < -0.3 is 15.4 Å². The lowest BCUT2D eigenvalue weighted by atomic mass is 10.1. The number of nitrogens with one attached hydrogen (secondary N) is 2. The molecule has 1 amide bonds. The van der Waals surface area contributed by atoms with Crippen molar-refractivity contribution in [2.24, 2.45) is 5.92 Å². The Kier molecular flexibility index (Phi) is 6.16. The molecule has 0 aromatic heterocycles. The average Bonchev–Trinajstić information content (AvgIpc) is 3.35. The third-order valence-corrected chi connectivity index (χ3v) is 7.03. The number of rotatable bonds is 7. The minimum absolute atomic E-state index is 0.0644. The Morgan fingerprint density at radius 2 is 2.12 bits per heavy atom. The maximum absolute atomic E-state index is 12.9. The van der Waals surface area contributed by atoms with E-state index in [0.29, 0.717) is 31.1 Å². The SMILES string of the molecule is COc1ccc(C(=O)NCCC2CCNC2)cc1S(=O)(=O)N1CCCC1. The van der Waals surface area contributed by atoms with Crippen LogP contribution >= 0.6 is 0 Å². The van der Waals surface area contributed by atoms with Crippen molar-refractivity contribution in [2.75, 3.05) is 39.8 Å². The Morgan fingerprint density at radius 3 is 2.77 bits per heavy atom. The van der Waals surface area contributed by atoms with Gasteiger partial charge >= 0.3 is 0 Å². The molecule has 0 bridgehead atoms. The number of carbonyl (C=O) groups excluding carboxylic acids is 1. The van der Waals surface area contributed by atoms with Gasteiger partial charge in [0, 0.05) is 25.2 Å². The number of hydrogen-bond donors (Lipinski definition) is 2. The third kappa shape index (κ3) is 4.19. The fourth-order valence-electron chi connectivity index (χ4n) is 3.54. The Labute approximate surface area is 155 Å². The zero-order chi connectivity index (χ0) is 18.6. The summed E-state index contributed by atoms with van der Waals surface area (Å²) in [5.74, 6) is 0.610. The van der Waals surface area contributed by atoms with E-state index in [1.807, 2.05) is 0 Å². The number of sulfonamides is 1. The van der Waals surface area contributed by atoms with Crippen LogP contribution in [0.15, 0.2) is 23.1 Å². The van der Waals surface area contributed by atoms with E-state index in [1.165, 1.54) is 17.5 Å². The van der Waals surface area contributed by atoms with Crippen molar-refractivity contribution in [3.8, 4) is 5.75 Å². The Balaban J connectivity index is 1.72. The van der Waals surface area contributed by atoms with Gasteiger partial charge in [-0.2, -0.15) is 4.31 Å². The van der Waals surface area contributed by atoms with Gasteiger partial charge in [0.25, 0.3) is 5.91 Å². The van der Waals surface area contributed by atoms with E-state index in [0.717, 1.165) is 38.8 Å². The molecule has 2 saturated heterocycles. The van der Waals surface area contributed by atoms with Crippen LogP contribution < -0.4 is 15.4 Å². The summed E-state index contributed by atoms with van der Waals surface area (Å²) in [6, 6.07) is 4.59. The minimum atomic E-state index is -3.65. The second kappa shape index (κ2) is 8.37. The van der Waals surface area contributed by atoms with Crippen LogP contribution in [-0.4, -0.2) is 58.5 Å². The number of methoxy groups -OCH3 is 1. The van der Waals surface area contributed by atoms with Gasteiger partial charge in [-0.3, -0.25) is 4.79 Å². The maximum atomic E-state index is 12.9. The van der Waals surface area contributed by atoms with Crippen LogP contribution in [-0.2, 0) is 10.0 Å². The van der Waals surface area contributed by atoms with Crippen molar-refractivity contribution in [1.29, 1.82) is 0 Å². The zero-order valence-corrected chi connectivity index (χ0v) is 16.0. The van der Waals surface area contributed by atoms with Gasteiger partial charge in [-0.1, -0.05) is 0 Å². The molecule has 1 unspecified atom stereocenters. The van der Waals surface area contributed by atoms with E-state index in [1.54, 1.807) is 12.1 Å². The maximum Gasteiger partial charge on any atom is 0.251 e. The molecule has 1 aromatic carbocycles. The molecular weight excluding hydrogens is 354 g/mol. The van der Waals surface area contributed by atoms with Gasteiger partial charge in [0.2, 0.25) is 10.0 Å². The number of amides is 1. The van der Waals surface area contributed by atoms with Gasteiger partial charge in [0.1, 0.15) is 10.6 Å². The topological polar surface area (TPSA) is 87.7 Å². The van der Waals surface area contributed by atoms with E-state index >= 15 is 0 Å². The molecule has 2 aliphatic rings. The lowest BCUT2D eigenvalue weighted by Gasteiger charge is -2.18. The van der Waals surface area contributed by atoms with Crippen LogP contribution in [0.2, 0.25) is 0 Å². The van der Waals surface area contributed by atoms with Gasteiger partial charge in [-0.15, -0.1) is 0 Å². The van der Waals surface area contributed by atoms with E-state index in [-0.39, 0.29) is 16.6 Å². The van der Waals surface area contributed by atoms with Crippen LogP contribution in [0.5, 0.6) is 5.75 Å². The Morgan fingerprint density at radius 1 is 1.35 bits per heavy atom. The molecule has 3 rings (SSSR count). The number of carbonyl (C=O) groups is 1. The van der Waals surface area contributed by atoms with Crippen LogP contribution in [0, 0.1) is 5.92 Å². The quantitative estimate of drug-likeness (QED) is 0.741. The van der Waals surface area contributed by atoms with E-state index < -0.39 is 10.0 Å². The molecule has 7 nitrogen and oxygen atoms in total. The molecule has 2 fully saturated rings. The Bertz CT molecular complexity index is 739. The largest absolute Gasteiger partial charge is 0.495 e. The van der Waals surface area contributed by atoms with Crippen molar-refractivity contribution >= 4 is 15.9 Å². The molecule has 2 N–H and O–H groups in total. The summed E-state index contributed by atoms with van der Waals surface area (Å²) >= 11 is 0. The van der Waals surface area contributed by atoms with E-state index in [4.69, 9.17) is 4.74 Å². The van der Waals surface area contributed by atoms with Crippen molar-refractivity contribution in [3.05, 3.63) is 23.8 Å². The monoisotopic (exact) mass is 381 g/mol. The van der Waals surface area contributed by atoms with Crippen LogP contribution in [0.1, 0.15) is 36.0 Å². The highest BCUT2D eigenvalue weighted by atomic mass is 32.2. The van der Waals surface area contributed by atoms with Crippen LogP contribution in [0.25, 0.3) is 0 Å². The second-order valence-corrected chi connectivity index (χ2v) is 8.79. The Hall–Kier alpha value is -1.64. The highest BCUT2D eigenvalue weighted by molar-refractivity contribution is 7.89. The fraction of sp³-hybridized carbons (Fsp3) is 0.611. The van der Waals surface area contributed by atoms with Gasteiger partial charge in [-0.05, 0) is 62.9 Å². The molecule has 1 atom stereocenters. The average molecular weight is 381 g/mol. The predicted octanol–water partition coefficient (Wildman–Crippen LogP) is 1.21. The lowest BCUT2D eigenvalue weighted by molar-refractivity contribution is 0.0951. The highest BCUT2D eigenvalue weighted by Crippen LogP contribution is 2.29. The summed E-state index contributed by atoms with van der Waals surface area (Å²) in [5.41, 5.74) is 0.341. The standard InChI is InChI=1S/C18H27N3O4S/c1-25-16-5-4-15(18(22)20-9-7-14-6-8-19-13-14)12-17(16)26(23,24)21-10-2-3-11-21/h4-5,12,14,19H,2-3,6-11,13H2,1H3,(H,20,22). The van der Waals surface area contributed by atoms with Crippen molar-refractivity contribution in [1.82, 2.24) is 14.9 Å². The van der Waals surface area contributed by atoms with E-state index in [9.17, 15) is 13.2 Å². The number of ether oxygens (including phenoxy) is 1. The molecule has 1 aromatic rings. The van der Waals surface area contributed by atoms with Crippen molar-refractivity contribution in [3.63, 3.8) is 0 Å². The first-order valence-corrected chi connectivity index (χ1v) is 10.6. The lowest BCUT2D eigenvalue weighted by Crippen LogP contribution is -2.29. The zero-order valence-electron chi connectivity index (χ0n) is 15.2. The summed E-state index contributed by atoms with van der Waals surface area (Å²) < 4.78 is 32.5. The molecule has 0 spiro atoms. The van der Waals surface area contributed by atoms with E-state index in [2.05, 4.69) is 10.6 Å². The number of hydrogen-bond acceptors (Lipinski definition) is 5. The first-order chi connectivity index (χ1) is 12.5. The first kappa shape index (κ1) is 19.1. The summed E-state index contributed by atoms with van der Waals surface area (Å²) in [5, 5.41) is 6.20. The van der Waals surface area contributed by atoms with Crippen molar-refractivity contribution < 1.29 is 17.9 Å². The summed E-state index contributed by atoms with van der Waals surface area (Å²) in [6.45, 7) is 3.64. The molecule has 2 aliphatic heterocycles. The molecule has 144 valence electrons. The summed E-state index contributed by atoms with van der Waals surface area (Å²) in [6.07, 6.45) is 3.78. The molecule has 26 heavy (non-hydrogen) atoms. The molecule has 0 aliphatic carbocycles. The van der Waals surface area contributed by atoms with Crippen LogP contribution in [0.3, 0.4) is 0 Å². The smallest absolute Gasteiger partial charge is 0.251 e. The first-order valence-electron chi connectivity index (χ1n) is 9.19. The molecular formula is C18H27N3O4S. The molecule has 2 heterocycles. The van der Waals surface area contributed by atoms with Crippen molar-refractivity contribution in [2.45, 2.75) is 30.6 Å². The van der Waals surface area contributed by atoms with Crippen LogP contribution in [0.4, 0.5) is 0 Å². The minimum Gasteiger partial charge on any atom is -0.495 e. The van der Waals surface area contributed by atoms with Gasteiger partial charge in [0.05, 0.1) is 7.11 Å². The summed E-state index contributed by atoms with van der Waals surface area (Å²) in [7, 11) is -2.21. The summed E-state index contributed by atoms with van der Waals surface area (Å²) in [4.78, 5) is 12.5. The third-order valence-electron chi connectivity index (χ3n) is 5.11. The van der Waals surface area contributed by atoms with Gasteiger partial charge in [0.15, 0.2) is 0 Å². The second-order valence-electron chi connectivity index (χ2n) is 6.88. The normalized spacial score (nSPS) is 21.0. The van der Waals surface area contributed by atoms with Gasteiger partial charge in [-0.25, -0.2) is 8.42 Å². The highest BCUT2D eigenvalue weighted by Gasteiger charge is 2.30. The number of benzene rings is 1. The fourth-order valence-corrected chi connectivity index (χ4v) is 5.24. The predicted molar refractivity (Wildman–Crippen MR) is 98.9 cm³/mol. The molecule has 0 saturated carbocycles. The number of nitrogens with zero attached hydrogens (tertiary/aromatic N) is 1. The molecule has 0 radical (unpaired) electrons.